The largest absolute Gasteiger partial charge is 0.421 e. The van der Waals surface area contributed by atoms with Crippen LogP contribution in [0.15, 0.2) is 70.0 Å². The molecule has 0 aliphatic rings. The zero-order valence-electron chi connectivity index (χ0n) is 11.5. The predicted octanol–water partition coefficient (Wildman–Crippen LogP) is 3.51. The van der Waals surface area contributed by atoms with E-state index in [0.717, 1.165) is 5.39 Å². The average molecular weight is 289 g/mol. The number of carbonyl (C=O) groups is 1. The van der Waals surface area contributed by atoms with Gasteiger partial charge < -0.3 is 9.40 Å². The molecule has 0 amide bonds. The maximum Gasteiger partial charge on any atom is 0.360 e. The van der Waals surface area contributed by atoms with Crippen LogP contribution in [-0.4, -0.2) is 10.8 Å². The molecule has 1 N–H and O–H groups in total. The molecule has 0 aliphatic carbocycles. The van der Waals surface area contributed by atoms with Crippen molar-refractivity contribution >= 4 is 27.7 Å². The molecule has 0 atom stereocenters. The monoisotopic (exact) mass is 289 g/mol. The van der Waals surface area contributed by atoms with Crippen LogP contribution >= 0.6 is 0 Å². The number of para-hydroxylation sites is 1. The molecule has 0 saturated carbocycles. The quantitative estimate of drug-likeness (QED) is 0.454. The topological polar surface area (TPSA) is 63.1 Å². The van der Waals surface area contributed by atoms with Crippen molar-refractivity contribution < 1.29 is 9.21 Å². The van der Waals surface area contributed by atoms with Gasteiger partial charge in [-0.2, -0.15) is 0 Å². The number of fused-ring (bicyclic) bond motifs is 3. The summed E-state index contributed by atoms with van der Waals surface area (Å²) in [5.74, 6) is -0.123. The van der Waals surface area contributed by atoms with Crippen molar-refractivity contribution in [3.05, 3.63) is 82.3 Å². The number of benzene rings is 2. The number of hydrogen-bond donors (Lipinski definition) is 1. The predicted molar refractivity (Wildman–Crippen MR) is 84.2 cm³/mol. The summed E-state index contributed by atoms with van der Waals surface area (Å²) in [6.07, 6.45) is 1.57. The highest BCUT2D eigenvalue weighted by Gasteiger charge is 2.18. The SMILES string of the molecule is O=C(c1ccccc1)c1c[nH]c2c(=O)oc3ccccc3c12. The van der Waals surface area contributed by atoms with Crippen LogP contribution in [0.25, 0.3) is 21.9 Å². The van der Waals surface area contributed by atoms with E-state index in [1.54, 1.807) is 30.5 Å². The molecule has 0 radical (unpaired) electrons. The van der Waals surface area contributed by atoms with Gasteiger partial charge in [-0.25, -0.2) is 4.79 Å². The van der Waals surface area contributed by atoms with Gasteiger partial charge in [0.15, 0.2) is 5.78 Å². The Balaban J connectivity index is 2.08. The number of nitrogens with one attached hydrogen (secondary N) is 1. The second-order valence-electron chi connectivity index (χ2n) is 5.03. The fraction of sp³-hybridized carbons (Fsp3) is 0. The van der Waals surface area contributed by atoms with Gasteiger partial charge >= 0.3 is 5.63 Å². The van der Waals surface area contributed by atoms with E-state index in [1.807, 2.05) is 30.3 Å². The molecular formula is C18H11NO3. The summed E-state index contributed by atoms with van der Waals surface area (Å²) in [7, 11) is 0. The molecule has 0 spiro atoms. The summed E-state index contributed by atoms with van der Waals surface area (Å²) < 4.78 is 5.28. The molecule has 0 aliphatic heterocycles. The number of aromatic nitrogens is 1. The minimum absolute atomic E-state index is 0.123. The molecule has 0 saturated heterocycles. The summed E-state index contributed by atoms with van der Waals surface area (Å²) in [6.45, 7) is 0. The molecular weight excluding hydrogens is 278 g/mol. The van der Waals surface area contributed by atoms with E-state index in [0.29, 0.717) is 27.6 Å². The van der Waals surface area contributed by atoms with Gasteiger partial charge in [0.2, 0.25) is 0 Å². The van der Waals surface area contributed by atoms with Gasteiger partial charge in [-0.05, 0) is 6.07 Å². The molecule has 4 nitrogen and oxygen atoms in total. The van der Waals surface area contributed by atoms with Crippen molar-refractivity contribution in [2.45, 2.75) is 0 Å². The number of H-pyrrole nitrogens is 1. The highest BCUT2D eigenvalue weighted by Crippen LogP contribution is 2.27. The van der Waals surface area contributed by atoms with Crippen LogP contribution in [0.3, 0.4) is 0 Å². The first-order valence-electron chi connectivity index (χ1n) is 6.88. The third kappa shape index (κ3) is 1.78. The van der Waals surface area contributed by atoms with E-state index in [9.17, 15) is 9.59 Å². The van der Waals surface area contributed by atoms with Crippen molar-refractivity contribution in [3.63, 3.8) is 0 Å². The standard InChI is InChI=1S/C18H11NO3/c20-17(11-6-2-1-3-7-11)13-10-19-16-15(13)12-8-4-5-9-14(12)22-18(16)21/h1-10,19H. The number of hydrogen-bond acceptors (Lipinski definition) is 3. The Bertz CT molecular complexity index is 1060. The number of aromatic amines is 1. The van der Waals surface area contributed by atoms with E-state index in [-0.39, 0.29) is 5.78 Å². The maximum absolute atomic E-state index is 12.7. The molecule has 22 heavy (non-hydrogen) atoms. The zero-order chi connectivity index (χ0) is 15.1. The maximum atomic E-state index is 12.7. The minimum Gasteiger partial charge on any atom is -0.421 e. The van der Waals surface area contributed by atoms with Crippen molar-refractivity contribution in [2.24, 2.45) is 0 Å². The van der Waals surface area contributed by atoms with Gasteiger partial charge in [-0.3, -0.25) is 4.79 Å². The fourth-order valence-electron chi connectivity index (χ4n) is 2.70. The Morgan fingerprint density at radius 1 is 0.955 bits per heavy atom. The Morgan fingerprint density at radius 2 is 1.68 bits per heavy atom. The number of carbonyl (C=O) groups excluding carboxylic acids is 1. The van der Waals surface area contributed by atoms with E-state index in [2.05, 4.69) is 4.98 Å². The van der Waals surface area contributed by atoms with Crippen LogP contribution in [0.1, 0.15) is 15.9 Å². The first-order valence-corrected chi connectivity index (χ1v) is 6.88. The van der Waals surface area contributed by atoms with Gasteiger partial charge in [0.05, 0.1) is 0 Å². The van der Waals surface area contributed by atoms with Crippen molar-refractivity contribution in [1.29, 1.82) is 0 Å². The van der Waals surface area contributed by atoms with Crippen LogP contribution in [-0.2, 0) is 0 Å². The molecule has 0 bridgehead atoms. The molecule has 2 heterocycles. The van der Waals surface area contributed by atoms with Crippen LogP contribution in [0.4, 0.5) is 0 Å². The molecule has 106 valence electrons. The number of rotatable bonds is 2. The molecule has 0 unspecified atom stereocenters. The van der Waals surface area contributed by atoms with E-state index < -0.39 is 5.63 Å². The van der Waals surface area contributed by atoms with E-state index >= 15 is 0 Å². The van der Waals surface area contributed by atoms with Gasteiger partial charge in [0, 0.05) is 28.1 Å². The third-order valence-electron chi connectivity index (χ3n) is 3.72. The Labute approximate surface area is 125 Å². The summed E-state index contributed by atoms with van der Waals surface area (Å²) in [6, 6.07) is 16.2. The van der Waals surface area contributed by atoms with Gasteiger partial charge in [-0.15, -0.1) is 0 Å². The third-order valence-corrected chi connectivity index (χ3v) is 3.72. The van der Waals surface area contributed by atoms with Crippen LogP contribution in [0, 0.1) is 0 Å². The minimum atomic E-state index is -0.471. The average Bonchev–Trinajstić information content (AvgIpc) is 3.01. The van der Waals surface area contributed by atoms with Crippen molar-refractivity contribution in [3.8, 4) is 0 Å². The fourth-order valence-corrected chi connectivity index (χ4v) is 2.70. The number of ketones is 1. The smallest absolute Gasteiger partial charge is 0.360 e. The molecule has 4 heteroatoms. The Kier molecular flexibility index (Phi) is 2.69. The molecule has 4 rings (SSSR count). The zero-order valence-corrected chi connectivity index (χ0v) is 11.5. The van der Waals surface area contributed by atoms with Gasteiger partial charge in [0.1, 0.15) is 11.1 Å². The molecule has 4 aromatic rings. The first-order chi connectivity index (χ1) is 10.8. The van der Waals surface area contributed by atoms with Gasteiger partial charge in [0.25, 0.3) is 0 Å². The van der Waals surface area contributed by atoms with Crippen molar-refractivity contribution in [2.75, 3.05) is 0 Å². The van der Waals surface area contributed by atoms with E-state index in [4.69, 9.17) is 4.42 Å². The Hall–Kier alpha value is -3.14. The van der Waals surface area contributed by atoms with Crippen LogP contribution < -0.4 is 5.63 Å². The van der Waals surface area contributed by atoms with E-state index in [1.165, 1.54) is 0 Å². The molecule has 2 aromatic carbocycles. The summed E-state index contributed by atoms with van der Waals surface area (Å²) in [5, 5.41) is 1.36. The second kappa shape index (κ2) is 4.70. The van der Waals surface area contributed by atoms with Gasteiger partial charge in [-0.1, -0.05) is 48.5 Å². The summed E-state index contributed by atoms with van der Waals surface area (Å²) in [5.41, 5.74) is 1.38. The highest BCUT2D eigenvalue weighted by molar-refractivity contribution is 6.21. The highest BCUT2D eigenvalue weighted by atomic mass is 16.4. The normalized spacial score (nSPS) is 11.1. The first kappa shape index (κ1) is 12.6. The lowest BCUT2D eigenvalue weighted by atomic mass is 10.0. The lowest BCUT2D eigenvalue weighted by Gasteiger charge is -2.02. The second-order valence-corrected chi connectivity index (χ2v) is 5.03. The van der Waals surface area contributed by atoms with Crippen molar-refractivity contribution in [1.82, 2.24) is 4.98 Å². The molecule has 0 fully saturated rings. The summed E-state index contributed by atoms with van der Waals surface area (Å²) >= 11 is 0. The lowest BCUT2D eigenvalue weighted by molar-refractivity contribution is 0.104. The van der Waals surface area contributed by atoms with Crippen LogP contribution in [0.2, 0.25) is 0 Å². The van der Waals surface area contributed by atoms with Crippen LogP contribution in [0.5, 0.6) is 0 Å². The Morgan fingerprint density at radius 3 is 2.50 bits per heavy atom. The molecule has 2 aromatic heterocycles. The lowest BCUT2D eigenvalue weighted by Crippen LogP contribution is -2.02. The summed E-state index contributed by atoms with van der Waals surface area (Å²) in [4.78, 5) is 27.7.